The molecule has 1 fully saturated rings. The normalized spacial score (nSPS) is 20.8. The van der Waals surface area contributed by atoms with Gasteiger partial charge in [0, 0.05) is 32.0 Å². The molecule has 0 bridgehead atoms. The van der Waals surface area contributed by atoms with Crippen LogP contribution in [0.5, 0.6) is 0 Å². The molecule has 25 heavy (non-hydrogen) atoms. The fourth-order valence-electron chi connectivity index (χ4n) is 3.92. The number of anilines is 1. The molecule has 0 aliphatic carbocycles. The largest absolute Gasteiger partial charge is 0.477 e. The van der Waals surface area contributed by atoms with E-state index in [0.717, 1.165) is 56.4 Å². The topological polar surface area (TPSA) is 84.1 Å². The molecule has 0 spiro atoms. The van der Waals surface area contributed by atoms with Gasteiger partial charge in [0.2, 0.25) is 0 Å². The van der Waals surface area contributed by atoms with Crippen molar-refractivity contribution in [2.24, 2.45) is 0 Å². The molecule has 1 unspecified atom stereocenters. The summed E-state index contributed by atoms with van der Waals surface area (Å²) < 4.78 is 2.32. The molecule has 2 aromatic rings. The lowest BCUT2D eigenvalue weighted by Gasteiger charge is -2.33. The maximum absolute atomic E-state index is 11.2. The predicted octanol–water partition coefficient (Wildman–Crippen LogP) is 2.48. The second-order valence-corrected chi connectivity index (χ2v) is 6.91. The van der Waals surface area contributed by atoms with Gasteiger partial charge in [0.05, 0.1) is 0 Å². The molecule has 1 atom stereocenters. The Kier molecular flexibility index (Phi) is 4.38. The van der Waals surface area contributed by atoms with E-state index in [1.54, 1.807) is 6.07 Å². The smallest absolute Gasteiger partial charge is 0.354 e. The Morgan fingerprint density at radius 1 is 1.12 bits per heavy atom. The van der Waals surface area contributed by atoms with E-state index in [1.165, 1.54) is 25.3 Å². The van der Waals surface area contributed by atoms with Crippen LogP contribution >= 0.6 is 0 Å². The van der Waals surface area contributed by atoms with Crippen LogP contribution in [-0.2, 0) is 13.0 Å². The summed E-state index contributed by atoms with van der Waals surface area (Å²) in [6.07, 6.45) is 6.80. The highest BCUT2D eigenvalue weighted by Crippen LogP contribution is 2.30. The maximum Gasteiger partial charge on any atom is 0.354 e. The fourth-order valence-corrected chi connectivity index (χ4v) is 3.92. The average molecular weight is 341 g/mol. The van der Waals surface area contributed by atoms with Crippen LogP contribution in [0, 0.1) is 0 Å². The highest BCUT2D eigenvalue weighted by molar-refractivity contribution is 5.85. The Morgan fingerprint density at radius 3 is 2.92 bits per heavy atom. The quantitative estimate of drug-likeness (QED) is 0.923. The first-order valence-electron chi connectivity index (χ1n) is 9.09. The molecule has 4 rings (SSSR count). The van der Waals surface area contributed by atoms with E-state index in [4.69, 9.17) is 5.11 Å². The Morgan fingerprint density at radius 2 is 2.04 bits per heavy atom. The van der Waals surface area contributed by atoms with Gasteiger partial charge in [0.25, 0.3) is 0 Å². The van der Waals surface area contributed by atoms with Gasteiger partial charge < -0.3 is 14.6 Å². The van der Waals surface area contributed by atoms with Gasteiger partial charge in [-0.15, -0.1) is 10.2 Å². The van der Waals surface area contributed by atoms with Crippen molar-refractivity contribution in [3.05, 3.63) is 35.5 Å². The Bertz CT molecular complexity index is 773. The number of pyridine rings is 1. The van der Waals surface area contributed by atoms with Gasteiger partial charge in [-0.2, -0.15) is 0 Å². The van der Waals surface area contributed by atoms with Crippen LogP contribution in [0.4, 0.5) is 5.82 Å². The predicted molar refractivity (Wildman–Crippen MR) is 93.0 cm³/mol. The van der Waals surface area contributed by atoms with Crippen LogP contribution in [0.25, 0.3) is 0 Å². The van der Waals surface area contributed by atoms with Crippen molar-refractivity contribution in [3.8, 4) is 0 Å². The molecular formula is C18H23N5O2. The summed E-state index contributed by atoms with van der Waals surface area (Å²) in [5.41, 5.74) is 0.0935. The van der Waals surface area contributed by atoms with Gasteiger partial charge >= 0.3 is 5.97 Å². The summed E-state index contributed by atoms with van der Waals surface area (Å²) in [4.78, 5) is 17.7. The first-order valence-corrected chi connectivity index (χ1v) is 9.09. The van der Waals surface area contributed by atoms with Crippen molar-refractivity contribution in [2.45, 2.75) is 51.0 Å². The lowest BCUT2D eigenvalue weighted by molar-refractivity contribution is 0.0690. The van der Waals surface area contributed by atoms with E-state index in [1.807, 2.05) is 6.07 Å². The zero-order chi connectivity index (χ0) is 17.2. The second kappa shape index (κ2) is 6.82. The molecule has 2 aromatic heterocycles. The van der Waals surface area contributed by atoms with Crippen LogP contribution in [0.2, 0.25) is 0 Å². The summed E-state index contributed by atoms with van der Waals surface area (Å²) in [5, 5.41) is 18.1. The lowest BCUT2D eigenvalue weighted by atomic mass is 9.97. The number of carboxylic acids is 1. The molecule has 0 radical (unpaired) electrons. The minimum absolute atomic E-state index is 0.0935. The first-order chi connectivity index (χ1) is 12.2. The number of hydrogen-bond donors (Lipinski definition) is 1. The van der Waals surface area contributed by atoms with Crippen LogP contribution in [0.3, 0.4) is 0 Å². The molecule has 132 valence electrons. The van der Waals surface area contributed by atoms with Crippen LogP contribution in [0.1, 0.15) is 60.2 Å². The summed E-state index contributed by atoms with van der Waals surface area (Å²) in [7, 11) is 0. The summed E-state index contributed by atoms with van der Waals surface area (Å²) in [5.74, 6) is 2.29. The van der Waals surface area contributed by atoms with E-state index in [2.05, 4.69) is 24.6 Å². The summed E-state index contributed by atoms with van der Waals surface area (Å²) in [6.45, 7) is 2.72. The van der Waals surface area contributed by atoms with Gasteiger partial charge in [0.15, 0.2) is 5.69 Å². The Balaban J connectivity index is 1.57. The standard InChI is InChI=1S/C18H23N5O2/c24-18(25)14-7-4-9-15(19-14)22-10-5-6-13(12-22)17-21-20-16-8-2-1-3-11-23(16)17/h4,7,9,13H,1-3,5-6,8,10-12H2,(H,24,25). The SMILES string of the molecule is O=C(O)c1cccc(N2CCCC(c3nnc4n3CCCCC4)C2)n1. The molecule has 0 amide bonds. The van der Waals surface area contributed by atoms with E-state index in [9.17, 15) is 4.79 Å². The molecule has 2 aliphatic heterocycles. The molecule has 0 saturated carbocycles. The van der Waals surface area contributed by atoms with E-state index in [0.29, 0.717) is 5.92 Å². The number of aromatic carboxylic acids is 1. The highest BCUT2D eigenvalue weighted by Gasteiger charge is 2.28. The van der Waals surface area contributed by atoms with Crippen molar-refractivity contribution < 1.29 is 9.90 Å². The number of nitrogens with zero attached hydrogens (tertiary/aromatic N) is 5. The van der Waals surface area contributed by atoms with Gasteiger partial charge in [-0.3, -0.25) is 0 Å². The number of carbonyl (C=O) groups is 1. The molecule has 0 aromatic carbocycles. The minimum atomic E-state index is -0.988. The van der Waals surface area contributed by atoms with Crippen molar-refractivity contribution in [1.29, 1.82) is 0 Å². The highest BCUT2D eigenvalue weighted by atomic mass is 16.4. The summed E-state index contributed by atoms with van der Waals surface area (Å²) in [6, 6.07) is 5.18. The van der Waals surface area contributed by atoms with E-state index >= 15 is 0 Å². The third-order valence-corrected chi connectivity index (χ3v) is 5.20. The van der Waals surface area contributed by atoms with Gasteiger partial charge in [-0.25, -0.2) is 9.78 Å². The van der Waals surface area contributed by atoms with Gasteiger partial charge in [0.1, 0.15) is 17.5 Å². The van der Waals surface area contributed by atoms with Crippen LogP contribution < -0.4 is 4.90 Å². The summed E-state index contributed by atoms with van der Waals surface area (Å²) >= 11 is 0. The van der Waals surface area contributed by atoms with Crippen molar-refractivity contribution >= 4 is 11.8 Å². The second-order valence-electron chi connectivity index (χ2n) is 6.91. The van der Waals surface area contributed by atoms with Crippen molar-refractivity contribution in [2.75, 3.05) is 18.0 Å². The van der Waals surface area contributed by atoms with Gasteiger partial charge in [-0.1, -0.05) is 12.5 Å². The molecule has 1 saturated heterocycles. The minimum Gasteiger partial charge on any atom is -0.477 e. The Hall–Kier alpha value is -2.44. The number of carboxylic acid groups (broad SMARTS) is 1. The molecular weight excluding hydrogens is 318 g/mol. The van der Waals surface area contributed by atoms with E-state index in [-0.39, 0.29) is 5.69 Å². The molecule has 7 nitrogen and oxygen atoms in total. The molecule has 7 heteroatoms. The number of fused-ring (bicyclic) bond motifs is 1. The fraction of sp³-hybridized carbons (Fsp3) is 0.556. The number of piperidine rings is 1. The molecule has 1 N–H and O–H groups in total. The number of hydrogen-bond acceptors (Lipinski definition) is 5. The van der Waals surface area contributed by atoms with Crippen molar-refractivity contribution in [1.82, 2.24) is 19.7 Å². The third kappa shape index (κ3) is 3.23. The zero-order valence-electron chi connectivity index (χ0n) is 14.3. The number of rotatable bonds is 3. The maximum atomic E-state index is 11.2. The zero-order valence-corrected chi connectivity index (χ0v) is 14.3. The number of aryl methyl sites for hydroxylation is 1. The number of aromatic nitrogens is 4. The van der Waals surface area contributed by atoms with E-state index < -0.39 is 5.97 Å². The average Bonchev–Trinajstić information content (AvgIpc) is 2.90. The molecule has 2 aliphatic rings. The van der Waals surface area contributed by atoms with Crippen LogP contribution in [-0.4, -0.2) is 43.9 Å². The Labute approximate surface area is 146 Å². The van der Waals surface area contributed by atoms with Crippen LogP contribution in [0.15, 0.2) is 18.2 Å². The molecule has 4 heterocycles. The lowest BCUT2D eigenvalue weighted by Crippen LogP contribution is -2.36. The monoisotopic (exact) mass is 341 g/mol. The first kappa shape index (κ1) is 16.1. The van der Waals surface area contributed by atoms with Gasteiger partial charge in [-0.05, 0) is 37.8 Å². The van der Waals surface area contributed by atoms with Crippen molar-refractivity contribution in [3.63, 3.8) is 0 Å². The third-order valence-electron chi connectivity index (χ3n) is 5.20.